The molecular weight excluding hydrogens is 322 g/mol. The summed E-state index contributed by atoms with van der Waals surface area (Å²) in [5.74, 6) is -0.375. The fourth-order valence-electron chi connectivity index (χ4n) is 2.40. The second-order valence-electron chi connectivity index (χ2n) is 5.32. The molecular formula is C18H19N3O4. The average Bonchev–Trinajstić information content (AvgIpc) is 3.18. The van der Waals surface area contributed by atoms with E-state index in [0.717, 1.165) is 0 Å². The molecule has 0 aliphatic heterocycles. The van der Waals surface area contributed by atoms with Crippen molar-refractivity contribution in [2.45, 2.75) is 27.3 Å². The Morgan fingerprint density at radius 3 is 2.80 bits per heavy atom. The maximum atomic E-state index is 12.2. The van der Waals surface area contributed by atoms with E-state index in [2.05, 4.69) is 10.3 Å². The van der Waals surface area contributed by atoms with Gasteiger partial charge in [-0.2, -0.15) is 5.26 Å². The number of carbonyl (C=O) groups is 2. The molecule has 7 heteroatoms. The molecule has 2 heterocycles. The minimum Gasteiger partial charge on any atom is -0.467 e. The standard InChI is InChI=1S/C18H19N3O4/c1-4-24-18(23)16-11(2)15(21-12(16)3)8-13(9-19)17(22)20-10-14-6-5-7-25-14/h5-8,21H,4,10H2,1-3H3,(H,20,22)/b13-8+. The first-order valence-corrected chi connectivity index (χ1v) is 7.76. The lowest BCUT2D eigenvalue weighted by atomic mass is 10.1. The first kappa shape index (κ1) is 18.1. The number of hydrogen-bond donors (Lipinski definition) is 2. The molecule has 0 aliphatic carbocycles. The molecule has 0 saturated carbocycles. The number of nitrogens with one attached hydrogen (secondary N) is 2. The third-order valence-corrected chi connectivity index (χ3v) is 3.61. The van der Waals surface area contributed by atoms with Gasteiger partial charge in [0.1, 0.15) is 17.4 Å². The summed E-state index contributed by atoms with van der Waals surface area (Å²) in [5, 5.41) is 11.9. The number of furan rings is 1. The van der Waals surface area contributed by atoms with Crippen LogP contribution in [0.3, 0.4) is 0 Å². The van der Waals surface area contributed by atoms with Crippen LogP contribution in [-0.2, 0) is 16.1 Å². The second kappa shape index (κ2) is 8.02. The molecule has 0 saturated heterocycles. The van der Waals surface area contributed by atoms with Gasteiger partial charge in [-0.3, -0.25) is 4.79 Å². The lowest BCUT2D eigenvalue weighted by Gasteiger charge is -2.03. The first-order valence-electron chi connectivity index (χ1n) is 7.76. The van der Waals surface area contributed by atoms with Crippen LogP contribution in [0.1, 0.15) is 40.0 Å². The number of nitriles is 1. The van der Waals surface area contributed by atoms with Crippen molar-refractivity contribution >= 4 is 18.0 Å². The molecule has 0 radical (unpaired) electrons. The van der Waals surface area contributed by atoms with Crippen molar-refractivity contribution in [1.29, 1.82) is 5.26 Å². The molecule has 0 aromatic carbocycles. The van der Waals surface area contributed by atoms with Gasteiger partial charge in [-0.05, 0) is 44.5 Å². The van der Waals surface area contributed by atoms with Gasteiger partial charge >= 0.3 is 5.97 Å². The van der Waals surface area contributed by atoms with Crippen LogP contribution in [0.2, 0.25) is 0 Å². The van der Waals surface area contributed by atoms with Crippen LogP contribution in [0.4, 0.5) is 0 Å². The third kappa shape index (κ3) is 4.18. The Kier molecular flexibility index (Phi) is 5.79. The summed E-state index contributed by atoms with van der Waals surface area (Å²) in [6, 6.07) is 5.31. The van der Waals surface area contributed by atoms with E-state index in [0.29, 0.717) is 28.3 Å². The van der Waals surface area contributed by atoms with Gasteiger partial charge in [-0.1, -0.05) is 0 Å². The average molecular weight is 341 g/mol. The molecule has 2 aromatic heterocycles. The van der Waals surface area contributed by atoms with Crippen LogP contribution in [0.5, 0.6) is 0 Å². The van der Waals surface area contributed by atoms with Gasteiger partial charge < -0.3 is 19.5 Å². The molecule has 7 nitrogen and oxygen atoms in total. The first-order chi connectivity index (χ1) is 12.0. The molecule has 0 fully saturated rings. The highest BCUT2D eigenvalue weighted by Gasteiger charge is 2.19. The number of nitrogens with zero attached hydrogens (tertiary/aromatic N) is 1. The zero-order chi connectivity index (χ0) is 18.4. The SMILES string of the molecule is CCOC(=O)c1c(C)[nH]c(/C=C(\C#N)C(=O)NCc2ccco2)c1C. The molecule has 0 spiro atoms. The van der Waals surface area contributed by atoms with E-state index < -0.39 is 11.9 Å². The van der Waals surface area contributed by atoms with E-state index in [-0.39, 0.29) is 18.7 Å². The molecule has 2 N–H and O–H groups in total. The summed E-state index contributed by atoms with van der Waals surface area (Å²) in [4.78, 5) is 27.2. The smallest absolute Gasteiger partial charge is 0.340 e. The van der Waals surface area contributed by atoms with Crippen molar-refractivity contribution < 1.29 is 18.7 Å². The molecule has 0 aliphatic rings. The van der Waals surface area contributed by atoms with Crippen LogP contribution in [0.25, 0.3) is 6.08 Å². The molecule has 0 unspecified atom stereocenters. The number of aromatic nitrogens is 1. The Morgan fingerprint density at radius 2 is 2.20 bits per heavy atom. The highest BCUT2D eigenvalue weighted by atomic mass is 16.5. The molecule has 0 bridgehead atoms. The number of aryl methyl sites for hydroxylation is 1. The molecule has 0 atom stereocenters. The largest absolute Gasteiger partial charge is 0.467 e. The lowest BCUT2D eigenvalue weighted by molar-refractivity contribution is -0.117. The van der Waals surface area contributed by atoms with Crippen LogP contribution < -0.4 is 5.32 Å². The Hall–Kier alpha value is -3.27. The third-order valence-electron chi connectivity index (χ3n) is 3.61. The quantitative estimate of drug-likeness (QED) is 0.477. The molecule has 2 aromatic rings. The number of carbonyl (C=O) groups excluding carboxylic acids is 2. The summed E-state index contributed by atoms with van der Waals surface area (Å²) in [7, 11) is 0. The summed E-state index contributed by atoms with van der Waals surface area (Å²) < 4.78 is 10.2. The maximum absolute atomic E-state index is 12.2. The topological polar surface area (TPSA) is 108 Å². The predicted molar refractivity (Wildman–Crippen MR) is 90.4 cm³/mol. The second-order valence-corrected chi connectivity index (χ2v) is 5.32. The van der Waals surface area contributed by atoms with Crippen LogP contribution in [0.15, 0.2) is 28.4 Å². The predicted octanol–water partition coefficient (Wildman–Crippen LogP) is 2.62. The zero-order valence-corrected chi connectivity index (χ0v) is 14.3. The van der Waals surface area contributed by atoms with Gasteiger partial charge in [0, 0.05) is 11.4 Å². The Labute approximate surface area is 145 Å². The van der Waals surface area contributed by atoms with E-state index in [1.807, 2.05) is 6.07 Å². The normalized spacial score (nSPS) is 11.0. The minimum absolute atomic E-state index is 0.0775. The van der Waals surface area contributed by atoms with Crippen molar-refractivity contribution in [1.82, 2.24) is 10.3 Å². The number of H-pyrrole nitrogens is 1. The number of hydrogen-bond acceptors (Lipinski definition) is 5. The molecule has 1 amide bonds. The highest BCUT2D eigenvalue weighted by Crippen LogP contribution is 2.21. The van der Waals surface area contributed by atoms with Gasteiger partial charge in [0.05, 0.1) is 25.0 Å². The summed E-state index contributed by atoms with van der Waals surface area (Å²) in [5.41, 5.74) is 2.11. The van der Waals surface area contributed by atoms with Crippen molar-refractivity contribution in [3.05, 3.63) is 52.2 Å². The zero-order valence-electron chi connectivity index (χ0n) is 14.3. The molecule has 2 rings (SSSR count). The number of rotatable bonds is 6. The van der Waals surface area contributed by atoms with Gasteiger partial charge in [0.15, 0.2) is 0 Å². The Morgan fingerprint density at radius 1 is 1.44 bits per heavy atom. The minimum atomic E-state index is -0.525. The number of esters is 1. The molecule has 25 heavy (non-hydrogen) atoms. The number of amides is 1. The fourth-order valence-corrected chi connectivity index (χ4v) is 2.40. The number of aromatic amines is 1. The highest BCUT2D eigenvalue weighted by molar-refractivity contribution is 6.02. The maximum Gasteiger partial charge on any atom is 0.340 e. The molecule has 130 valence electrons. The summed E-state index contributed by atoms with van der Waals surface area (Å²) >= 11 is 0. The van der Waals surface area contributed by atoms with E-state index in [4.69, 9.17) is 9.15 Å². The Bertz CT molecular complexity index is 839. The van der Waals surface area contributed by atoms with Crippen LogP contribution in [0, 0.1) is 25.2 Å². The van der Waals surface area contributed by atoms with E-state index >= 15 is 0 Å². The number of ether oxygens (including phenoxy) is 1. The van der Waals surface area contributed by atoms with E-state index in [1.54, 1.807) is 32.9 Å². The van der Waals surface area contributed by atoms with Crippen molar-refractivity contribution in [3.63, 3.8) is 0 Å². The van der Waals surface area contributed by atoms with Gasteiger partial charge in [0.25, 0.3) is 5.91 Å². The fraction of sp³-hybridized carbons (Fsp3) is 0.278. The monoisotopic (exact) mass is 341 g/mol. The summed E-state index contributed by atoms with van der Waals surface area (Å²) in [6.07, 6.45) is 2.92. The van der Waals surface area contributed by atoms with E-state index in [9.17, 15) is 14.9 Å². The Balaban J connectivity index is 2.21. The van der Waals surface area contributed by atoms with Crippen LogP contribution >= 0.6 is 0 Å². The van der Waals surface area contributed by atoms with Gasteiger partial charge in [-0.15, -0.1) is 0 Å². The van der Waals surface area contributed by atoms with Gasteiger partial charge in [-0.25, -0.2) is 4.79 Å². The van der Waals surface area contributed by atoms with Crippen molar-refractivity contribution in [2.75, 3.05) is 6.61 Å². The van der Waals surface area contributed by atoms with E-state index in [1.165, 1.54) is 12.3 Å². The van der Waals surface area contributed by atoms with Crippen molar-refractivity contribution in [2.24, 2.45) is 0 Å². The van der Waals surface area contributed by atoms with Gasteiger partial charge in [0.2, 0.25) is 0 Å². The summed E-state index contributed by atoms with van der Waals surface area (Å²) in [6.45, 7) is 5.65. The van der Waals surface area contributed by atoms with Crippen LogP contribution in [-0.4, -0.2) is 23.5 Å². The van der Waals surface area contributed by atoms with Crippen molar-refractivity contribution in [3.8, 4) is 6.07 Å². The lowest BCUT2D eigenvalue weighted by Crippen LogP contribution is -2.23.